The Bertz CT molecular complexity index is 1190. The maximum atomic E-state index is 13.3. The predicted octanol–water partition coefficient (Wildman–Crippen LogP) is 4.32. The average molecular weight is 462 g/mol. The van der Waals surface area contributed by atoms with Crippen LogP contribution >= 0.6 is 0 Å². The van der Waals surface area contributed by atoms with Gasteiger partial charge in [-0.25, -0.2) is 19.0 Å². The zero-order chi connectivity index (χ0) is 23.7. The summed E-state index contributed by atoms with van der Waals surface area (Å²) in [7, 11) is 1.30. The summed E-state index contributed by atoms with van der Waals surface area (Å²) in [4.78, 5) is 30.8. The maximum Gasteiger partial charge on any atom is 0.410 e. The standard InChI is InChI=1S/C26H23FN2O5/c1-32-25(30)18-11-22(17-7-9-19(27)10-8-17)28-23(12-18)34-24-20-13-29(14-21(20)24)26(31)33-15-16-5-3-2-4-6-16/h2-12,20-21,24H,13-15H2,1H3. The Morgan fingerprint density at radius 1 is 1.03 bits per heavy atom. The fourth-order valence-corrected chi connectivity index (χ4v) is 4.32. The number of hydrogen-bond donors (Lipinski definition) is 0. The summed E-state index contributed by atoms with van der Waals surface area (Å²) >= 11 is 0. The van der Waals surface area contributed by atoms with Crippen LogP contribution < -0.4 is 4.74 Å². The highest BCUT2D eigenvalue weighted by Crippen LogP contribution is 2.48. The van der Waals surface area contributed by atoms with Gasteiger partial charge in [0.15, 0.2) is 0 Å². The Morgan fingerprint density at radius 3 is 2.41 bits per heavy atom. The van der Waals surface area contributed by atoms with Crippen LogP contribution in [-0.2, 0) is 16.1 Å². The first kappa shape index (κ1) is 21.9. The maximum absolute atomic E-state index is 13.3. The number of amides is 1. The fourth-order valence-electron chi connectivity index (χ4n) is 4.32. The van der Waals surface area contributed by atoms with Crippen molar-refractivity contribution in [2.24, 2.45) is 11.8 Å². The Kier molecular flexibility index (Phi) is 5.88. The summed E-state index contributed by atoms with van der Waals surface area (Å²) in [6.45, 7) is 1.33. The number of fused-ring (bicyclic) bond motifs is 1. The van der Waals surface area contributed by atoms with Crippen molar-refractivity contribution >= 4 is 12.1 Å². The van der Waals surface area contributed by atoms with Crippen molar-refractivity contribution in [2.75, 3.05) is 20.2 Å². The van der Waals surface area contributed by atoms with Crippen molar-refractivity contribution in [3.05, 3.63) is 83.7 Å². The van der Waals surface area contributed by atoms with Gasteiger partial charge >= 0.3 is 12.1 Å². The van der Waals surface area contributed by atoms with Crippen LogP contribution in [0.3, 0.4) is 0 Å². The largest absolute Gasteiger partial charge is 0.474 e. The molecule has 2 aromatic carbocycles. The highest BCUT2D eigenvalue weighted by Gasteiger charge is 2.59. The van der Waals surface area contributed by atoms with E-state index in [0.29, 0.717) is 35.8 Å². The summed E-state index contributed by atoms with van der Waals surface area (Å²) < 4.78 is 29.7. The van der Waals surface area contributed by atoms with Gasteiger partial charge in [0.25, 0.3) is 0 Å². The number of likely N-dealkylation sites (tertiary alicyclic amines) is 1. The van der Waals surface area contributed by atoms with E-state index in [4.69, 9.17) is 14.2 Å². The molecule has 3 aromatic rings. The van der Waals surface area contributed by atoms with Gasteiger partial charge in [-0.15, -0.1) is 0 Å². The third-order valence-electron chi connectivity index (χ3n) is 6.20. The Hall–Kier alpha value is -3.94. The lowest BCUT2D eigenvalue weighted by atomic mass is 10.1. The lowest BCUT2D eigenvalue weighted by Crippen LogP contribution is -2.33. The molecular formula is C26H23FN2O5. The molecule has 1 aromatic heterocycles. The van der Waals surface area contributed by atoms with Crippen LogP contribution in [0.25, 0.3) is 11.3 Å². The summed E-state index contributed by atoms with van der Waals surface area (Å²) in [5, 5.41) is 0. The van der Waals surface area contributed by atoms with E-state index in [-0.39, 0.29) is 36.5 Å². The van der Waals surface area contributed by atoms with E-state index in [1.165, 1.54) is 19.2 Å². The number of nitrogens with zero attached hydrogens (tertiary/aromatic N) is 2. The fraction of sp³-hybridized carbons (Fsp3) is 0.269. The van der Waals surface area contributed by atoms with Gasteiger partial charge in [-0.3, -0.25) is 0 Å². The molecule has 0 bridgehead atoms. The molecule has 0 N–H and O–H groups in total. The summed E-state index contributed by atoms with van der Waals surface area (Å²) in [6.07, 6.45) is -0.432. The van der Waals surface area contributed by atoms with Crippen molar-refractivity contribution in [3.63, 3.8) is 0 Å². The molecular weight excluding hydrogens is 439 g/mol. The SMILES string of the molecule is COC(=O)c1cc(OC2C3CN(C(=O)OCc4ccccc4)CC32)nc(-c2ccc(F)cc2)c1. The highest BCUT2D eigenvalue weighted by atomic mass is 19.1. The third kappa shape index (κ3) is 4.57. The molecule has 2 fully saturated rings. The minimum atomic E-state index is -0.515. The Morgan fingerprint density at radius 2 is 1.74 bits per heavy atom. The number of carbonyl (C=O) groups excluding carboxylic acids is 2. The van der Waals surface area contributed by atoms with Crippen LogP contribution in [0.2, 0.25) is 0 Å². The van der Waals surface area contributed by atoms with E-state index in [1.807, 2.05) is 30.3 Å². The number of rotatable bonds is 6. The zero-order valence-corrected chi connectivity index (χ0v) is 18.5. The number of halogens is 1. The second-order valence-electron chi connectivity index (χ2n) is 8.43. The van der Waals surface area contributed by atoms with E-state index in [2.05, 4.69) is 4.98 Å². The lowest BCUT2D eigenvalue weighted by molar-refractivity contribution is 0.0599. The molecule has 0 spiro atoms. The molecule has 1 amide bonds. The summed E-state index contributed by atoms with van der Waals surface area (Å²) in [6, 6.07) is 18.5. The molecule has 2 heterocycles. The van der Waals surface area contributed by atoms with Gasteiger partial charge in [-0.2, -0.15) is 0 Å². The molecule has 1 saturated carbocycles. The molecule has 34 heavy (non-hydrogen) atoms. The molecule has 2 unspecified atom stereocenters. The van der Waals surface area contributed by atoms with Gasteiger partial charge in [-0.1, -0.05) is 30.3 Å². The summed E-state index contributed by atoms with van der Waals surface area (Å²) in [5.74, 6) is -0.218. The third-order valence-corrected chi connectivity index (χ3v) is 6.20. The number of esters is 1. The van der Waals surface area contributed by atoms with E-state index in [9.17, 15) is 14.0 Å². The van der Waals surface area contributed by atoms with E-state index >= 15 is 0 Å². The van der Waals surface area contributed by atoms with Gasteiger partial charge in [-0.05, 0) is 35.9 Å². The highest BCUT2D eigenvalue weighted by molar-refractivity contribution is 5.91. The smallest absolute Gasteiger partial charge is 0.410 e. The molecule has 2 atom stereocenters. The summed E-state index contributed by atoms with van der Waals surface area (Å²) in [5.41, 5.74) is 2.37. The molecule has 174 valence electrons. The topological polar surface area (TPSA) is 78.0 Å². The zero-order valence-electron chi connectivity index (χ0n) is 18.5. The van der Waals surface area contributed by atoms with Gasteiger partial charge in [0.2, 0.25) is 5.88 Å². The average Bonchev–Trinajstić information content (AvgIpc) is 3.29. The number of benzene rings is 2. The number of piperidine rings is 1. The number of pyridine rings is 1. The molecule has 2 aliphatic rings. The van der Waals surface area contributed by atoms with Crippen LogP contribution in [0.15, 0.2) is 66.7 Å². The van der Waals surface area contributed by atoms with Crippen LogP contribution in [-0.4, -0.2) is 48.2 Å². The number of carbonyl (C=O) groups is 2. The Balaban J connectivity index is 1.23. The molecule has 1 aliphatic heterocycles. The van der Waals surface area contributed by atoms with Gasteiger partial charge < -0.3 is 19.1 Å². The number of hydrogen-bond acceptors (Lipinski definition) is 6. The molecule has 8 heteroatoms. The van der Waals surface area contributed by atoms with Crippen molar-refractivity contribution in [2.45, 2.75) is 12.7 Å². The first-order valence-corrected chi connectivity index (χ1v) is 11.0. The van der Waals surface area contributed by atoms with Crippen molar-refractivity contribution < 1.29 is 28.2 Å². The second-order valence-corrected chi connectivity index (χ2v) is 8.43. The Labute approximate surface area is 196 Å². The van der Waals surface area contributed by atoms with Crippen LogP contribution in [0, 0.1) is 17.7 Å². The molecule has 7 nitrogen and oxygen atoms in total. The molecule has 1 saturated heterocycles. The van der Waals surface area contributed by atoms with E-state index < -0.39 is 5.97 Å². The quantitative estimate of drug-likeness (QED) is 0.508. The van der Waals surface area contributed by atoms with Crippen LogP contribution in [0.4, 0.5) is 9.18 Å². The molecule has 0 radical (unpaired) electrons. The van der Waals surface area contributed by atoms with Crippen molar-refractivity contribution in [1.29, 1.82) is 0 Å². The number of ether oxygens (including phenoxy) is 3. The first-order chi connectivity index (χ1) is 16.5. The number of aromatic nitrogens is 1. The van der Waals surface area contributed by atoms with Gasteiger partial charge in [0, 0.05) is 36.6 Å². The van der Waals surface area contributed by atoms with Crippen molar-refractivity contribution in [1.82, 2.24) is 9.88 Å². The minimum Gasteiger partial charge on any atom is -0.474 e. The molecule has 5 rings (SSSR count). The van der Waals surface area contributed by atoms with Gasteiger partial charge in [0.05, 0.1) is 18.4 Å². The second kappa shape index (κ2) is 9.13. The monoisotopic (exact) mass is 462 g/mol. The minimum absolute atomic E-state index is 0.0976. The number of methoxy groups -OCH3 is 1. The lowest BCUT2D eigenvalue weighted by Gasteiger charge is -2.20. The van der Waals surface area contributed by atoms with E-state index in [0.717, 1.165) is 5.56 Å². The van der Waals surface area contributed by atoms with Crippen LogP contribution in [0.1, 0.15) is 15.9 Å². The molecule has 1 aliphatic carbocycles. The van der Waals surface area contributed by atoms with Crippen molar-refractivity contribution in [3.8, 4) is 17.1 Å². The van der Waals surface area contributed by atoms with E-state index in [1.54, 1.807) is 29.2 Å². The normalized spacial score (nSPS) is 20.4. The van der Waals surface area contributed by atoms with Crippen LogP contribution in [0.5, 0.6) is 5.88 Å². The van der Waals surface area contributed by atoms with Gasteiger partial charge in [0.1, 0.15) is 18.5 Å². The predicted molar refractivity (Wildman–Crippen MR) is 121 cm³/mol. The first-order valence-electron chi connectivity index (χ1n) is 11.0.